The fourth-order valence-electron chi connectivity index (χ4n) is 4.62. The van der Waals surface area contributed by atoms with E-state index in [1.54, 1.807) is 29.9 Å². The monoisotopic (exact) mass is 526 g/mol. The van der Waals surface area contributed by atoms with E-state index in [0.29, 0.717) is 11.5 Å². The number of thiophene rings is 1. The van der Waals surface area contributed by atoms with Gasteiger partial charge in [-0.25, -0.2) is 9.97 Å². The fraction of sp³-hybridized carbons (Fsp3) is 0.0333. The van der Waals surface area contributed by atoms with E-state index >= 15 is 0 Å². The molecule has 9 heteroatoms. The van der Waals surface area contributed by atoms with E-state index in [9.17, 15) is 0 Å². The molecule has 0 amide bonds. The van der Waals surface area contributed by atoms with Crippen molar-refractivity contribution in [3.63, 3.8) is 0 Å². The van der Waals surface area contributed by atoms with Gasteiger partial charge in [0.2, 0.25) is 0 Å². The van der Waals surface area contributed by atoms with Gasteiger partial charge in [0, 0.05) is 40.5 Å². The largest absolute Gasteiger partial charge is 0.358 e. The maximum Gasteiger partial charge on any atom is 0.161 e. The number of benzene rings is 1. The van der Waals surface area contributed by atoms with E-state index in [-0.39, 0.29) is 0 Å². The molecule has 0 atom stereocenters. The predicted molar refractivity (Wildman–Crippen MR) is 156 cm³/mol. The van der Waals surface area contributed by atoms with Gasteiger partial charge in [-0.1, -0.05) is 43.0 Å². The summed E-state index contributed by atoms with van der Waals surface area (Å²) in [4.78, 5) is 23.2. The average molecular weight is 527 g/mol. The number of nitrogens with one attached hydrogen (secondary N) is 3. The van der Waals surface area contributed by atoms with E-state index in [0.717, 1.165) is 61.6 Å². The smallest absolute Gasteiger partial charge is 0.161 e. The third-order valence-electron chi connectivity index (χ3n) is 6.43. The van der Waals surface area contributed by atoms with Gasteiger partial charge < -0.3 is 10.3 Å². The molecule has 0 aliphatic carbocycles. The molecule has 6 aromatic heterocycles. The fourth-order valence-corrected chi connectivity index (χ4v) is 5.36. The van der Waals surface area contributed by atoms with Gasteiger partial charge in [-0.3, -0.25) is 15.1 Å². The number of anilines is 1. The highest BCUT2D eigenvalue weighted by Gasteiger charge is 2.17. The molecule has 0 saturated carbocycles. The zero-order valence-electron chi connectivity index (χ0n) is 20.7. The number of rotatable bonds is 7. The summed E-state index contributed by atoms with van der Waals surface area (Å²) in [5, 5.41) is 13.1. The number of nitrogens with zero attached hydrogens (tertiary/aromatic N) is 5. The van der Waals surface area contributed by atoms with Crippen molar-refractivity contribution in [2.45, 2.75) is 6.42 Å². The van der Waals surface area contributed by atoms with Crippen LogP contribution < -0.4 is 5.32 Å². The molecule has 0 radical (unpaired) electrons. The minimum atomic E-state index is 0.637. The van der Waals surface area contributed by atoms with Gasteiger partial charge in [0.1, 0.15) is 11.0 Å². The number of aromatic amines is 2. The van der Waals surface area contributed by atoms with Crippen molar-refractivity contribution in [3.05, 3.63) is 109 Å². The van der Waals surface area contributed by atoms with E-state index in [2.05, 4.69) is 55.2 Å². The number of fused-ring (bicyclic) bond motifs is 2. The number of imidazole rings is 1. The maximum atomic E-state index is 4.95. The van der Waals surface area contributed by atoms with Crippen LogP contribution in [-0.2, 0) is 6.42 Å². The number of aromatic nitrogens is 7. The molecule has 0 saturated heterocycles. The average Bonchev–Trinajstić information content (AvgIpc) is 3.73. The van der Waals surface area contributed by atoms with Gasteiger partial charge in [-0.05, 0) is 35.2 Å². The van der Waals surface area contributed by atoms with Gasteiger partial charge in [0.15, 0.2) is 11.5 Å². The highest BCUT2D eigenvalue weighted by molar-refractivity contribution is 7.13. The summed E-state index contributed by atoms with van der Waals surface area (Å²) in [5.41, 5.74) is 9.51. The summed E-state index contributed by atoms with van der Waals surface area (Å²) in [5.74, 6) is 0.637. The number of hydrogen-bond acceptors (Lipinski definition) is 7. The lowest BCUT2D eigenvalue weighted by atomic mass is 10.1. The second-order valence-electron chi connectivity index (χ2n) is 9.16. The zero-order chi connectivity index (χ0) is 26.2. The van der Waals surface area contributed by atoms with Crippen LogP contribution in [0.15, 0.2) is 103 Å². The molecular formula is C30H22N8S. The van der Waals surface area contributed by atoms with Crippen molar-refractivity contribution in [2.24, 2.45) is 0 Å². The van der Waals surface area contributed by atoms with Gasteiger partial charge in [-0.2, -0.15) is 5.10 Å². The molecule has 0 fully saturated rings. The molecule has 0 bridgehead atoms. The molecule has 0 aliphatic rings. The summed E-state index contributed by atoms with van der Waals surface area (Å²) in [6.45, 7) is 4.19. The summed E-state index contributed by atoms with van der Waals surface area (Å²) in [6.07, 6.45) is 7.95. The number of pyridine rings is 3. The van der Waals surface area contributed by atoms with Crippen LogP contribution in [-0.4, -0.2) is 35.1 Å². The number of hydrogen-bond donors (Lipinski definition) is 3. The molecule has 188 valence electrons. The van der Waals surface area contributed by atoms with Crippen molar-refractivity contribution >= 4 is 39.1 Å². The molecule has 0 aliphatic heterocycles. The topological polar surface area (TPSA) is 108 Å². The maximum absolute atomic E-state index is 4.95. The highest BCUT2D eigenvalue weighted by Crippen LogP contribution is 2.33. The first-order valence-electron chi connectivity index (χ1n) is 12.4. The van der Waals surface area contributed by atoms with Crippen molar-refractivity contribution < 1.29 is 0 Å². The molecule has 8 nitrogen and oxygen atoms in total. The molecule has 1 aromatic carbocycles. The lowest BCUT2D eigenvalue weighted by Gasteiger charge is -2.11. The Morgan fingerprint density at radius 3 is 2.64 bits per heavy atom. The first-order chi connectivity index (χ1) is 19.2. The Balaban J connectivity index is 1.21. The first-order valence-corrected chi connectivity index (χ1v) is 13.3. The van der Waals surface area contributed by atoms with Gasteiger partial charge in [-0.15, -0.1) is 11.3 Å². The summed E-state index contributed by atoms with van der Waals surface area (Å²) >= 11 is 1.66. The third-order valence-corrected chi connectivity index (χ3v) is 7.33. The van der Waals surface area contributed by atoms with Crippen LogP contribution in [0.1, 0.15) is 5.56 Å². The lowest BCUT2D eigenvalue weighted by molar-refractivity contribution is 1.10. The van der Waals surface area contributed by atoms with Gasteiger partial charge >= 0.3 is 0 Å². The highest BCUT2D eigenvalue weighted by atomic mass is 32.1. The van der Waals surface area contributed by atoms with E-state index in [1.807, 2.05) is 54.0 Å². The number of allylic oxidation sites excluding steroid dienone is 1. The molecule has 0 spiro atoms. The molecule has 39 heavy (non-hydrogen) atoms. The van der Waals surface area contributed by atoms with Crippen LogP contribution >= 0.6 is 11.3 Å². The summed E-state index contributed by atoms with van der Waals surface area (Å²) in [6, 6.07) is 20.3. The van der Waals surface area contributed by atoms with Crippen LogP contribution in [0.2, 0.25) is 0 Å². The molecular weight excluding hydrogens is 504 g/mol. The van der Waals surface area contributed by atoms with Crippen molar-refractivity contribution in [2.75, 3.05) is 5.32 Å². The van der Waals surface area contributed by atoms with Gasteiger partial charge in [0.25, 0.3) is 0 Å². The molecule has 7 rings (SSSR count). The van der Waals surface area contributed by atoms with Crippen molar-refractivity contribution in [1.29, 1.82) is 0 Å². The van der Waals surface area contributed by atoms with Crippen LogP contribution in [0.25, 0.3) is 55.3 Å². The van der Waals surface area contributed by atoms with E-state index in [4.69, 9.17) is 9.97 Å². The van der Waals surface area contributed by atoms with Crippen molar-refractivity contribution in [3.8, 4) is 33.2 Å². The Labute approximate surface area is 227 Å². The molecule has 7 aromatic rings. The minimum Gasteiger partial charge on any atom is -0.358 e. The second-order valence-corrected chi connectivity index (χ2v) is 10.1. The zero-order valence-corrected chi connectivity index (χ0v) is 21.5. The Morgan fingerprint density at radius 1 is 0.872 bits per heavy atom. The normalized spacial score (nSPS) is 11.3. The quantitative estimate of drug-likeness (QED) is 0.209. The summed E-state index contributed by atoms with van der Waals surface area (Å²) < 4.78 is 0. The molecule has 0 unspecified atom stereocenters. The Kier molecular flexibility index (Phi) is 5.68. The Hall–Kier alpha value is -5.15. The third kappa shape index (κ3) is 4.45. The second kappa shape index (κ2) is 9.62. The summed E-state index contributed by atoms with van der Waals surface area (Å²) in [7, 11) is 0. The molecule has 6 heterocycles. The van der Waals surface area contributed by atoms with E-state index < -0.39 is 0 Å². The predicted octanol–water partition coefficient (Wildman–Crippen LogP) is 6.86. The molecule has 3 N–H and O–H groups in total. The van der Waals surface area contributed by atoms with E-state index in [1.165, 1.54) is 5.56 Å². The van der Waals surface area contributed by atoms with Crippen LogP contribution in [0, 0.1) is 0 Å². The first kappa shape index (κ1) is 23.0. The van der Waals surface area contributed by atoms with Crippen LogP contribution in [0.3, 0.4) is 0 Å². The van der Waals surface area contributed by atoms with Crippen LogP contribution in [0.5, 0.6) is 0 Å². The van der Waals surface area contributed by atoms with Crippen molar-refractivity contribution in [1.82, 2.24) is 35.1 Å². The van der Waals surface area contributed by atoms with Gasteiger partial charge in [0.05, 0.1) is 34.8 Å². The lowest BCUT2D eigenvalue weighted by Crippen LogP contribution is -2.02. The number of H-pyrrole nitrogens is 2. The Morgan fingerprint density at radius 2 is 1.77 bits per heavy atom. The minimum absolute atomic E-state index is 0.637. The Bertz CT molecular complexity index is 1940. The standard InChI is InChI=1S/C30H22N8S/c1-18(12-19-6-3-2-4-7-19)33-21-13-20(14-31-15-21)23-9-10-24-28(34-23)29(38-37-24)30-35-25-17-32-16-22(27(25)36-30)26-8-5-11-39-26/h2-11,13-17,33H,1,12H2,(H,35,36)(H,37,38). The van der Waals surface area contributed by atoms with Crippen LogP contribution in [0.4, 0.5) is 5.69 Å². The SMILES string of the molecule is C=C(Cc1ccccc1)Nc1cncc(-c2ccc3[nH]nc(-c4nc5c(-c6cccs6)cncc5[nH]4)c3n2)c1.